The third-order valence-electron chi connectivity index (χ3n) is 9.68. The maximum absolute atomic E-state index is 10.7. The molecule has 3 aromatic carbocycles. The Morgan fingerprint density at radius 1 is 0.542 bits per heavy atom. The summed E-state index contributed by atoms with van der Waals surface area (Å²) < 4.78 is 61.4. The van der Waals surface area contributed by atoms with E-state index < -0.39 is 7.81 Å². The maximum Gasteiger partial charge on any atom is 2.00 e. The second kappa shape index (κ2) is 14.2. The molecular weight excluding hydrogens is 846 g/mol. The van der Waals surface area contributed by atoms with Crippen LogP contribution in [0.2, 0.25) is 0 Å². The number of aryl methyl sites for hydroxylation is 2. The van der Waals surface area contributed by atoms with Gasteiger partial charge in [0.25, 0.3) is 11.3 Å². The van der Waals surface area contributed by atoms with Crippen molar-refractivity contribution in [3.8, 4) is 10.6 Å². The van der Waals surface area contributed by atoms with Crippen LogP contribution in [0.5, 0.6) is 0 Å². The molecule has 5 nitrogen and oxygen atoms in total. The third kappa shape index (κ3) is 8.50. The molecule has 0 atom stereocenters. The minimum absolute atomic E-state index is 0. The Kier molecular flexibility index (Phi) is 9.58. The fourth-order valence-electron chi connectivity index (χ4n) is 7.16. The fraction of sp³-hybridized carbons (Fsp3) is 0.0444. The summed E-state index contributed by atoms with van der Waals surface area (Å²) in [6.45, 7) is 4.23. The van der Waals surface area contributed by atoms with E-state index in [4.69, 9.17) is 19.9 Å². The molecule has 8 bridgehead atoms. The van der Waals surface area contributed by atoms with Crippen molar-refractivity contribution >= 4 is 46.2 Å². The molecule has 14 heteroatoms. The standard InChI is InChI=1S/C45H30N5S.F6P.Ni/c1-27-11-15-30(16-12-27)42-34-20-19-32(46-34)41(29-8-4-3-5-9-29)33-21-22-36(47-33)43(31-17-13-28(2)14-18-31)38-26-39-44(49-38)45(37-24-23-35(42)48-37)51-40-10-6-7-25-50(39)40;1-7(2,3,4,5)6;/h3-26H,1-2H3;;/q2*-1;+2/b41-33-,43-36-,45-37?;;. The van der Waals surface area contributed by atoms with Crippen molar-refractivity contribution in [2.75, 3.05) is 0 Å². The van der Waals surface area contributed by atoms with Gasteiger partial charge >= 0.3 is 54.3 Å². The van der Waals surface area contributed by atoms with Crippen molar-refractivity contribution in [3.05, 3.63) is 213 Å². The van der Waals surface area contributed by atoms with Crippen LogP contribution < -0.4 is 35.0 Å². The SMILES string of the molecule is Cc1ccc(/C2=c3\cc/c([n-]3)=C(\c3ccccc3)c3ccc([n-]3)[C+](c3ccc(C)cc3)c3ccc([n-]3)-c3[s+]c4cccc[n+]4c4cc2[n-]c34)cc1.F[P-](F)(F)(F)(F)F.[Ni+2]. The zero-order valence-corrected chi connectivity index (χ0v) is 33.7. The maximum atomic E-state index is 9.87. The van der Waals surface area contributed by atoms with Crippen LogP contribution in [0.15, 0.2) is 146 Å². The van der Waals surface area contributed by atoms with E-state index in [1.54, 1.807) is 11.3 Å². The summed E-state index contributed by atoms with van der Waals surface area (Å²) in [5.41, 5.74) is 13.9. The Morgan fingerprint density at radius 2 is 1.08 bits per heavy atom. The van der Waals surface area contributed by atoms with Crippen LogP contribution in [0.3, 0.4) is 0 Å². The molecule has 10 rings (SSSR count). The molecule has 1 aliphatic rings. The molecule has 1 aliphatic heterocycles. The van der Waals surface area contributed by atoms with Gasteiger partial charge < -0.3 is 19.9 Å². The van der Waals surface area contributed by atoms with Gasteiger partial charge in [0.2, 0.25) is 10.4 Å². The van der Waals surface area contributed by atoms with E-state index in [-0.39, 0.29) is 16.5 Å². The van der Waals surface area contributed by atoms with Crippen molar-refractivity contribution in [2.24, 2.45) is 0 Å². The van der Waals surface area contributed by atoms with Gasteiger partial charge in [0.05, 0.1) is 11.6 Å². The van der Waals surface area contributed by atoms with Crippen LogP contribution in [0.25, 0.3) is 37.6 Å². The minimum atomic E-state index is -10.7. The summed E-state index contributed by atoms with van der Waals surface area (Å²) in [5, 5.41) is 1.73. The Balaban J connectivity index is 0.000000558. The van der Waals surface area contributed by atoms with Crippen LogP contribution in [0.4, 0.5) is 25.2 Å². The predicted molar refractivity (Wildman–Crippen MR) is 216 cm³/mol. The first-order chi connectivity index (χ1) is 27.5. The Labute approximate surface area is 348 Å². The van der Waals surface area contributed by atoms with Crippen molar-refractivity contribution in [1.29, 1.82) is 0 Å². The fourth-order valence-corrected chi connectivity index (χ4v) is 8.24. The molecule has 0 saturated carbocycles. The number of hydrogen-bond donors (Lipinski definition) is 0. The minimum Gasteiger partial charge on any atom is 2.00 e. The van der Waals surface area contributed by atoms with Crippen LogP contribution >= 0.6 is 19.1 Å². The van der Waals surface area contributed by atoms with Crippen molar-refractivity contribution in [1.82, 2.24) is 19.9 Å². The summed E-state index contributed by atoms with van der Waals surface area (Å²) in [5.74, 6) is 0.991. The summed E-state index contributed by atoms with van der Waals surface area (Å²) in [7, 11) is -10.7. The molecule has 7 heterocycles. The van der Waals surface area contributed by atoms with Crippen molar-refractivity contribution < 1.29 is 46.1 Å². The largest absolute Gasteiger partial charge is 2.00 e. The number of aromatic nitrogens is 5. The number of halogens is 6. The van der Waals surface area contributed by atoms with E-state index in [1.807, 2.05) is 6.07 Å². The van der Waals surface area contributed by atoms with Gasteiger partial charge in [-0.3, -0.25) is 0 Å². The zero-order chi connectivity index (χ0) is 40.5. The first kappa shape index (κ1) is 39.9. The smallest absolute Gasteiger partial charge is 2.00 e. The summed E-state index contributed by atoms with van der Waals surface area (Å²) >= 11 is 1.70. The van der Waals surface area contributed by atoms with Gasteiger partial charge in [0, 0.05) is 29.6 Å². The van der Waals surface area contributed by atoms with E-state index >= 15 is 0 Å². The van der Waals surface area contributed by atoms with Gasteiger partial charge in [-0.2, -0.15) is 0 Å². The van der Waals surface area contributed by atoms with Crippen LogP contribution in [0.1, 0.15) is 50.6 Å². The first-order valence-corrected chi connectivity index (χ1v) is 20.9. The molecule has 6 aromatic heterocycles. The van der Waals surface area contributed by atoms with Gasteiger partial charge in [-0.25, -0.2) is 0 Å². The number of rotatable bonds is 3. The van der Waals surface area contributed by atoms with E-state index in [0.717, 1.165) is 93.7 Å². The van der Waals surface area contributed by atoms with Crippen molar-refractivity contribution in [2.45, 2.75) is 13.8 Å². The molecule has 0 spiro atoms. The molecule has 0 N–H and O–H groups in total. The van der Waals surface area contributed by atoms with Crippen molar-refractivity contribution in [3.63, 3.8) is 0 Å². The molecule has 298 valence electrons. The topological polar surface area (TPSA) is 60.5 Å². The van der Waals surface area contributed by atoms with E-state index in [2.05, 4.69) is 158 Å². The molecule has 59 heavy (non-hydrogen) atoms. The number of benzene rings is 3. The van der Waals surface area contributed by atoms with Gasteiger partial charge in [0.1, 0.15) is 0 Å². The molecule has 0 radical (unpaired) electrons. The molecule has 0 fully saturated rings. The van der Waals surface area contributed by atoms with Gasteiger partial charge in [-0.1, -0.05) is 89.4 Å². The number of pyridine rings is 1. The van der Waals surface area contributed by atoms with E-state index in [0.29, 0.717) is 0 Å². The Morgan fingerprint density at radius 3 is 1.73 bits per heavy atom. The van der Waals surface area contributed by atoms with Crippen LogP contribution in [0, 0.1) is 19.8 Å². The first-order valence-electron chi connectivity index (χ1n) is 18.1. The Bertz CT molecular complexity index is 3130. The van der Waals surface area contributed by atoms with Crippen LogP contribution in [-0.4, -0.2) is 0 Å². The monoisotopic (exact) mass is 875 g/mol. The summed E-state index contributed by atoms with van der Waals surface area (Å²) in [4.78, 5) is 23.7. The second-order valence-corrected chi connectivity index (χ2v) is 17.0. The summed E-state index contributed by atoms with van der Waals surface area (Å²) in [6.07, 6.45) is 2.11. The third-order valence-corrected chi connectivity index (χ3v) is 10.8. The van der Waals surface area contributed by atoms with E-state index in [9.17, 15) is 25.2 Å². The van der Waals surface area contributed by atoms with Crippen LogP contribution in [-0.2, 0) is 16.5 Å². The van der Waals surface area contributed by atoms with Gasteiger partial charge in [-0.15, -0.1) is 26.5 Å². The summed E-state index contributed by atoms with van der Waals surface area (Å²) in [6, 6.07) is 49.0. The average Bonchev–Trinajstić information content (AvgIpc) is 4.01. The molecule has 9 aromatic rings. The van der Waals surface area contributed by atoms with Gasteiger partial charge in [0.15, 0.2) is 6.20 Å². The average molecular weight is 876 g/mol. The molecule has 0 saturated heterocycles. The molecule has 0 unspecified atom stereocenters. The number of hydrogen-bond acceptors (Lipinski definition) is 0. The Hall–Kier alpha value is -5.87. The quantitative estimate of drug-likeness (QED) is 0.0443. The number of nitrogens with zero attached hydrogens (tertiary/aromatic N) is 5. The van der Waals surface area contributed by atoms with E-state index in [1.165, 1.54) is 11.1 Å². The molecular formula is C45H30F6N5NiPS. The normalized spacial score (nSPS) is 15.6. The zero-order valence-electron chi connectivity index (χ0n) is 31.0. The second-order valence-electron chi connectivity index (χ2n) is 14.0. The predicted octanol–water partition coefficient (Wildman–Crippen LogP) is 10.2. The molecule has 0 aliphatic carbocycles. The van der Waals surface area contributed by atoms with Gasteiger partial charge in [-0.05, 0) is 90.2 Å². The number of fused-ring (bicyclic) bond motifs is 10. The molecule has 0 amide bonds.